The topological polar surface area (TPSA) is 110 Å². The SMILES string of the molecule is CN1C(=O)c2cccc(C3CC3)c2[C@H]2C[C@H]1c1nc3ccc(-c4cnc(C5(N)CC(C)(CO)C5)nc4)cc3n12. The first-order valence-corrected chi connectivity index (χ1v) is 13.9. The Morgan fingerprint density at radius 1 is 1.08 bits per heavy atom. The minimum atomic E-state index is -0.585. The van der Waals surface area contributed by atoms with Crippen molar-refractivity contribution in [3.8, 4) is 11.1 Å². The zero-order valence-electron chi connectivity index (χ0n) is 22.3. The Bertz CT molecular complexity index is 1660. The average molecular weight is 521 g/mol. The summed E-state index contributed by atoms with van der Waals surface area (Å²) in [5.74, 6) is 2.24. The third-order valence-electron chi connectivity index (χ3n) is 9.58. The number of aromatic nitrogens is 4. The maximum absolute atomic E-state index is 13.5. The molecule has 8 nitrogen and oxygen atoms in total. The summed E-state index contributed by atoms with van der Waals surface area (Å²) in [6, 6.07) is 12.6. The van der Waals surface area contributed by atoms with Crippen molar-refractivity contribution in [2.75, 3.05) is 13.7 Å². The molecule has 0 unspecified atom stereocenters. The molecule has 0 spiro atoms. The Balaban J connectivity index is 1.21. The molecule has 2 fully saturated rings. The number of benzene rings is 2. The van der Waals surface area contributed by atoms with Gasteiger partial charge in [0, 0.05) is 43.6 Å². The molecule has 2 aromatic carbocycles. The molecular weight excluding hydrogens is 488 g/mol. The second-order valence-corrected chi connectivity index (χ2v) is 12.6. The smallest absolute Gasteiger partial charge is 0.254 e. The third-order valence-corrected chi connectivity index (χ3v) is 9.58. The van der Waals surface area contributed by atoms with E-state index < -0.39 is 5.54 Å². The van der Waals surface area contributed by atoms with E-state index in [1.807, 2.05) is 43.4 Å². The fourth-order valence-corrected chi connectivity index (χ4v) is 7.55. The minimum absolute atomic E-state index is 0.0479. The number of rotatable bonds is 4. The first kappa shape index (κ1) is 23.3. The molecule has 2 bridgehead atoms. The van der Waals surface area contributed by atoms with Crippen LogP contribution in [-0.2, 0) is 5.54 Å². The lowest BCUT2D eigenvalue weighted by atomic mass is 9.58. The Morgan fingerprint density at radius 3 is 2.56 bits per heavy atom. The predicted octanol–water partition coefficient (Wildman–Crippen LogP) is 4.44. The van der Waals surface area contributed by atoms with Crippen molar-refractivity contribution in [2.24, 2.45) is 11.1 Å². The van der Waals surface area contributed by atoms with E-state index in [9.17, 15) is 9.90 Å². The van der Waals surface area contributed by atoms with Crippen molar-refractivity contribution in [3.63, 3.8) is 0 Å². The second kappa shape index (κ2) is 7.73. The molecule has 2 aromatic heterocycles. The lowest BCUT2D eigenvalue weighted by molar-refractivity contribution is -0.0147. The fourth-order valence-electron chi connectivity index (χ4n) is 7.55. The van der Waals surface area contributed by atoms with Gasteiger partial charge in [-0.15, -0.1) is 0 Å². The zero-order valence-corrected chi connectivity index (χ0v) is 22.3. The lowest BCUT2D eigenvalue weighted by Crippen LogP contribution is -2.56. The third kappa shape index (κ3) is 3.25. The van der Waals surface area contributed by atoms with Crippen LogP contribution in [0.5, 0.6) is 0 Å². The number of aliphatic hydroxyl groups is 1. The highest BCUT2D eigenvalue weighted by molar-refractivity contribution is 5.97. The molecule has 4 aromatic rings. The minimum Gasteiger partial charge on any atom is -0.396 e. The molecule has 2 saturated carbocycles. The highest BCUT2D eigenvalue weighted by Gasteiger charge is 2.52. The van der Waals surface area contributed by atoms with Crippen LogP contribution in [0.15, 0.2) is 48.8 Å². The number of carbonyl (C=O) groups excluding carboxylic acids is 1. The van der Waals surface area contributed by atoms with E-state index in [1.165, 1.54) is 24.0 Å². The maximum Gasteiger partial charge on any atom is 0.254 e. The number of carbonyl (C=O) groups is 1. The number of nitrogens with zero attached hydrogens (tertiary/aromatic N) is 5. The molecule has 2 aliphatic heterocycles. The Labute approximate surface area is 226 Å². The highest BCUT2D eigenvalue weighted by Crippen LogP contribution is 2.53. The van der Waals surface area contributed by atoms with Gasteiger partial charge in [-0.05, 0) is 71.9 Å². The second-order valence-electron chi connectivity index (χ2n) is 12.6. The van der Waals surface area contributed by atoms with Crippen molar-refractivity contribution >= 4 is 16.9 Å². The Hall–Kier alpha value is -3.62. The van der Waals surface area contributed by atoms with Crippen LogP contribution in [0, 0.1) is 5.41 Å². The van der Waals surface area contributed by atoms with Crippen LogP contribution in [0.4, 0.5) is 0 Å². The van der Waals surface area contributed by atoms with E-state index >= 15 is 0 Å². The van der Waals surface area contributed by atoms with E-state index in [0.717, 1.165) is 40.0 Å². The van der Waals surface area contributed by atoms with Gasteiger partial charge in [0.15, 0.2) is 0 Å². The molecule has 198 valence electrons. The maximum atomic E-state index is 13.5. The summed E-state index contributed by atoms with van der Waals surface area (Å²) in [4.78, 5) is 29.8. The van der Waals surface area contributed by atoms with Crippen LogP contribution >= 0.6 is 0 Å². The molecular formula is C31H32N6O2. The van der Waals surface area contributed by atoms with E-state index in [4.69, 9.17) is 10.7 Å². The molecule has 39 heavy (non-hydrogen) atoms. The molecule has 1 amide bonds. The largest absolute Gasteiger partial charge is 0.396 e. The molecule has 2 aliphatic carbocycles. The first-order chi connectivity index (χ1) is 18.8. The van der Waals surface area contributed by atoms with Gasteiger partial charge in [0.25, 0.3) is 5.91 Å². The van der Waals surface area contributed by atoms with Crippen molar-refractivity contribution in [3.05, 3.63) is 77.1 Å². The van der Waals surface area contributed by atoms with Crippen molar-refractivity contribution < 1.29 is 9.90 Å². The molecule has 4 heterocycles. The highest BCUT2D eigenvalue weighted by atomic mass is 16.3. The number of fused-ring (bicyclic) bond motifs is 9. The van der Waals surface area contributed by atoms with Gasteiger partial charge in [0.05, 0.1) is 28.7 Å². The number of hydrogen-bond donors (Lipinski definition) is 2. The van der Waals surface area contributed by atoms with Gasteiger partial charge in [-0.3, -0.25) is 4.79 Å². The summed E-state index contributed by atoms with van der Waals surface area (Å²) in [6.07, 6.45) is 8.29. The zero-order chi connectivity index (χ0) is 26.7. The number of nitrogens with two attached hydrogens (primary N) is 1. The van der Waals surface area contributed by atoms with Gasteiger partial charge in [-0.1, -0.05) is 25.1 Å². The standard InChI is InChI=1S/C31H32N6O2/c1-30(16-38)14-31(32,15-30)29-33-12-19(13-34-29)18-8-9-22-23(10-18)37-24-11-25(27(37)35-22)36(2)28(39)21-5-3-4-20(26(21)24)17-6-7-17/h3-5,8-10,12-13,17,24-25,38H,6-7,11,14-16,32H2,1-2H3/t24-,25+,30?,31?/m1/s1. The van der Waals surface area contributed by atoms with Crippen molar-refractivity contribution in [2.45, 2.75) is 62.6 Å². The van der Waals surface area contributed by atoms with Gasteiger partial charge in [0.1, 0.15) is 11.6 Å². The Kier molecular flexibility index (Phi) is 4.62. The van der Waals surface area contributed by atoms with Gasteiger partial charge in [-0.2, -0.15) is 0 Å². The number of hydrogen-bond acceptors (Lipinski definition) is 6. The molecule has 4 aliphatic rings. The average Bonchev–Trinajstić information content (AvgIpc) is 3.64. The quantitative estimate of drug-likeness (QED) is 0.412. The van der Waals surface area contributed by atoms with Crippen LogP contribution in [0.2, 0.25) is 0 Å². The van der Waals surface area contributed by atoms with Gasteiger partial charge in [-0.25, -0.2) is 15.0 Å². The number of aliphatic hydroxyl groups excluding tert-OH is 1. The molecule has 8 heteroatoms. The molecule has 0 radical (unpaired) electrons. The number of amides is 1. The van der Waals surface area contributed by atoms with Crippen LogP contribution < -0.4 is 5.73 Å². The molecule has 0 saturated heterocycles. The molecule has 2 atom stereocenters. The number of imidazole rings is 1. The fraction of sp³-hybridized carbons (Fsp3) is 0.419. The van der Waals surface area contributed by atoms with Gasteiger partial charge >= 0.3 is 0 Å². The van der Waals surface area contributed by atoms with E-state index in [1.54, 1.807) is 0 Å². The summed E-state index contributed by atoms with van der Waals surface area (Å²) in [6.45, 7) is 2.17. The summed E-state index contributed by atoms with van der Waals surface area (Å²) < 4.78 is 2.38. The van der Waals surface area contributed by atoms with Crippen LogP contribution in [-0.4, -0.2) is 49.1 Å². The predicted molar refractivity (Wildman–Crippen MR) is 147 cm³/mol. The molecule has 3 N–H and O–H groups in total. The van der Waals surface area contributed by atoms with E-state index in [0.29, 0.717) is 24.6 Å². The van der Waals surface area contributed by atoms with Crippen molar-refractivity contribution in [1.29, 1.82) is 0 Å². The normalized spacial score (nSPS) is 29.2. The lowest BCUT2D eigenvalue weighted by Gasteiger charge is -2.50. The van der Waals surface area contributed by atoms with Gasteiger partial charge < -0.3 is 20.3 Å². The summed E-state index contributed by atoms with van der Waals surface area (Å²) >= 11 is 0. The summed E-state index contributed by atoms with van der Waals surface area (Å²) in [5, 5.41) is 9.63. The first-order valence-electron chi connectivity index (χ1n) is 13.9. The molecule has 8 rings (SSSR count). The van der Waals surface area contributed by atoms with Crippen molar-refractivity contribution in [1.82, 2.24) is 24.4 Å². The van der Waals surface area contributed by atoms with E-state index in [-0.39, 0.29) is 30.0 Å². The summed E-state index contributed by atoms with van der Waals surface area (Å²) in [5.41, 5.74) is 13.2. The van der Waals surface area contributed by atoms with Crippen LogP contribution in [0.25, 0.3) is 22.2 Å². The van der Waals surface area contributed by atoms with Crippen LogP contribution in [0.1, 0.15) is 90.2 Å². The van der Waals surface area contributed by atoms with Crippen LogP contribution in [0.3, 0.4) is 0 Å². The monoisotopic (exact) mass is 520 g/mol. The summed E-state index contributed by atoms with van der Waals surface area (Å²) in [7, 11) is 1.91. The Morgan fingerprint density at radius 2 is 1.85 bits per heavy atom. The van der Waals surface area contributed by atoms with E-state index in [2.05, 4.69) is 38.8 Å². The van der Waals surface area contributed by atoms with Gasteiger partial charge in [0.2, 0.25) is 0 Å².